The van der Waals surface area contributed by atoms with Gasteiger partial charge in [-0.3, -0.25) is 4.79 Å². The molecule has 0 aliphatic carbocycles. The molecule has 4 heteroatoms. The minimum absolute atomic E-state index is 0.219. The molecule has 72 valence electrons. The van der Waals surface area contributed by atoms with Crippen molar-refractivity contribution < 1.29 is 9.59 Å². The molecule has 1 aromatic rings. The lowest BCUT2D eigenvalue weighted by atomic mass is 10.0. The highest BCUT2D eigenvalue weighted by Crippen LogP contribution is 2.39. The van der Waals surface area contributed by atoms with Gasteiger partial charge in [-0.1, -0.05) is 23.7 Å². The van der Waals surface area contributed by atoms with Gasteiger partial charge in [0.1, 0.15) is 12.2 Å². The molecule has 0 saturated carbocycles. The molecule has 0 N–H and O–H groups in total. The monoisotopic (exact) mass is 209 g/mol. The van der Waals surface area contributed by atoms with Crippen molar-refractivity contribution in [2.24, 2.45) is 0 Å². The maximum absolute atomic E-state index is 11.6. The molecule has 1 unspecified atom stereocenters. The van der Waals surface area contributed by atoms with Gasteiger partial charge in [0.05, 0.1) is 10.7 Å². The standard InChI is InChI=1S/C10H8ClNO2/c1-12-9-6(3-2-4-8(9)11)7(5-13)10(12)14/h2-5,7H,1H3. The molecule has 3 nitrogen and oxygen atoms in total. The molecular formula is C10H8ClNO2. The zero-order valence-corrected chi connectivity index (χ0v) is 8.28. The second-order valence-electron chi connectivity index (χ2n) is 3.19. The third-order valence-corrected chi connectivity index (χ3v) is 2.73. The molecule has 1 aliphatic heterocycles. The lowest BCUT2D eigenvalue weighted by molar-refractivity contribution is -0.122. The molecule has 0 bridgehead atoms. The van der Waals surface area contributed by atoms with E-state index in [9.17, 15) is 9.59 Å². The van der Waals surface area contributed by atoms with E-state index < -0.39 is 5.92 Å². The molecule has 1 aliphatic rings. The first-order valence-electron chi connectivity index (χ1n) is 4.18. The SMILES string of the molecule is CN1C(=O)C(C=O)c2cccc(Cl)c21. The van der Waals surface area contributed by atoms with Crippen LogP contribution >= 0.6 is 11.6 Å². The van der Waals surface area contributed by atoms with Crippen molar-refractivity contribution in [1.82, 2.24) is 0 Å². The number of rotatable bonds is 1. The van der Waals surface area contributed by atoms with E-state index in [1.165, 1.54) is 4.90 Å². The second-order valence-corrected chi connectivity index (χ2v) is 3.60. The van der Waals surface area contributed by atoms with E-state index in [2.05, 4.69) is 0 Å². The third-order valence-electron chi connectivity index (χ3n) is 2.42. The predicted octanol–water partition coefficient (Wildman–Crippen LogP) is 1.60. The van der Waals surface area contributed by atoms with Crippen molar-refractivity contribution in [3.8, 4) is 0 Å². The fourth-order valence-electron chi connectivity index (χ4n) is 1.72. The largest absolute Gasteiger partial charge is 0.313 e. The summed E-state index contributed by atoms with van der Waals surface area (Å²) >= 11 is 5.94. The van der Waals surface area contributed by atoms with Crippen LogP contribution in [0.4, 0.5) is 5.69 Å². The van der Waals surface area contributed by atoms with Gasteiger partial charge < -0.3 is 9.69 Å². The molecule has 2 rings (SSSR count). The highest BCUT2D eigenvalue weighted by atomic mass is 35.5. The van der Waals surface area contributed by atoms with Crippen LogP contribution in [0.2, 0.25) is 5.02 Å². The van der Waals surface area contributed by atoms with Crippen molar-refractivity contribution in [1.29, 1.82) is 0 Å². The highest BCUT2D eigenvalue weighted by Gasteiger charge is 2.35. The Labute approximate surface area is 86.3 Å². The summed E-state index contributed by atoms with van der Waals surface area (Å²) in [5, 5.41) is 0.503. The number of carbonyl (C=O) groups excluding carboxylic acids is 2. The van der Waals surface area contributed by atoms with Crippen LogP contribution in [0.3, 0.4) is 0 Å². The maximum Gasteiger partial charge on any atom is 0.241 e. The van der Waals surface area contributed by atoms with Crippen LogP contribution in [0, 0.1) is 0 Å². The number of benzene rings is 1. The van der Waals surface area contributed by atoms with Crippen LogP contribution in [0.25, 0.3) is 0 Å². The molecule has 0 saturated heterocycles. The smallest absolute Gasteiger partial charge is 0.241 e. The Hall–Kier alpha value is -1.35. The number of nitrogens with zero attached hydrogens (tertiary/aromatic N) is 1. The number of fused-ring (bicyclic) bond motifs is 1. The Morgan fingerprint density at radius 2 is 2.21 bits per heavy atom. The summed E-state index contributed by atoms with van der Waals surface area (Å²) in [5.41, 5.74) is 1.34. The number of para-hydroxylation sites is 1. The summed E-state index contributed by atoms with van der Waals surface area (Å²) in [6, 6.07) is 5.20. The van der Waals surface area contributed by atoms with Gasteiger partial charge in [-0.15, -0.1) is 0 Å². The molecule has 1 heterocycles. The minimum atomic E-state index is -0.686. The number of hydrogen-bond donors (Lipinski definition) is 0. The first-order valence-corrected chi connectivity index (χ1v) is 4.56. The zero-order valence-electron chi connectivity index (χ0n) is 7.53. The van der Waals surface area contributed by atoms with Gasteiger partial charge in [0.25, 0.3) is 0 Å². The van der Waals surface area contributed by atoms with Crippen LogP contribution in [0.1, 0.15) is 11.5 Å². The predicted molar refractivity (Wildman–Crippen MR) is 53.7 cm³/mol. The Morgan fingerprint density at radius 1 is 1.50 bits per heavy atom. The second kappa shape index (κ2) is 3.10. The molecule has 14 heavy (non-hydrogen) atoms. The summed E-state index contributed by atoms with van der Waals surface area (Å²) < 4.78 is 0. The van der Waals surface area contributed by atoms with Crippen LogP contribution in [-0.2, 0) is 9.59 Å². The number of halogens is 1. The van der Waals surface area contributed by atoms with Crippen molar-refractivity contribution >= 4 is 29.5 Å². The third kappa shape index (κ3) is 1.06. The van der Waals surface area contributed by atoms with E-state index in [1.54, 1.807) is 25.2 Å². The first-order chi connectivity index (χ1) is 6.66. The van der Waals surface area contributed by atoms with Crippen molar-refractivity contribution in [3.63, 3.8) is 0 Å². The van der Waals surface area contributed by atoms with Gasteiger partial charge in [-0.2, -0.15) is 0 Å². The van der Waals surface area contributed by atoms with E-state index in [0.717, 1.165) is 0 Å². The van der Waals surface area contributed by atoms with E-state index in [0.29, 0.717) is 22.6 Å². The maximum atomic E-state index is 11.6. The van der Waals surface area contributed by atoms with E-state index in [-0.39, 0.29) is 5.91 Å². The van der Waals surface area contributed by atoms with E-state index >= 15 is 0 Å². The summed E-state index contributed by atoms with van der Waals surface area (Å²) in [5.74, 6) is -0.906. The van der Waals surface area contributed by atoms with Gasteiger partial charge in [0.15, 0.2) is 0 Å². The Morgan fingerprint density at radius 3 is 2.86 bits per heavy atom. The minimum Gasteiger partial charge on any atom is -0.313 e. The molecule has 1 amide bonds. The molecule has 0 fully saturated rings. The molecule has 1 atom stereocenters. The lowest BCUT2D eigenvalue weighted by Gasteiger charge is -2.10. The average Bonchev–Trinajstić information content (AvgIpc) is 2.41. The first kappa shape index (κ1) is 9.21. The molecule has 0 radical (unpaired) electrons. The summed E-state index contributed by atoms with van der Waals surface area (Å²) in [7, 11) is 1.62. The Bertz CT molecular complexity index is 417. The summed E-state index contributed by atoms with van der Waals surface area (Å²) in [6.07, 6.45) is 0.654. The summed E-state index contributed by atoms with van der Waals surface area (Å²) in [4.78, 5) is 23.8. The molecule has 1 aromatic carbocycles. The van der Waals surface area contributed by atoms with Crippen molar-refractivity contribution in [2.75, 3.05) is 11.9 Å². The molecule has 0 spiro atoms. The van der Waals surface area contributed by atoms with Crippen LogP contribution in [0.5, 0.6) is 0 Å². The number of likely N-dealkylation sites (N-methyl/N-ethyl adjacent to an activating group) is 1. The fraction of sp³-hybridized carbons (Fsp3) is 0.200. The summed E-state index contributed by atoms with van der Waals surface area (Å²) in [6.45, 7) is 0. The zero-order chi connectivity index (χ0) is 10.3. The van der Waals surface area contributed by atoms with Crippen molar-refractivity contribution in [2.45, 2.75) is 5.92 Å². The van der Waals surface area contributed by atoms with Crippen LogP contribution in [-0.4, -0.2) is 19.2 Å². The van der Waals surface area contributed by atoms with Gasteiger partial charge in [0, 0.05) is 7.05 Å². The number of anilines is 1. The molecular weight excluding hydrogens is 202 g/mol. The van der Waals surface area contributed by atoms with Gasteiger partial charge in [0.2, 0.25) is 5.91 Å². The number of hydrogen-bond acceptors (Lipinski definition) is 2. The quantitative estimate of drug-likeness (QED) is 0.521. The average molecular weight is 210 g/mol. The van der Waals surface area contributed by atoms with Gasteiger partial charge in [-0.05, 0) is 11.6 Å². The van der Waals surface area contributed by atoms with E-state index in [1.807, 2.05) is 0 Å². The number of aldehydes is 1. The highest BCUT2D eigenvalue weighted by molar-refractivity contribution is 6.35. The van der Waals surface area contributed by atoms with Crippen LogP contribution in [0.15, 0.2) is 18.2 Å². The normalized spacial score (nSPS) is 19.7. The van der Waals surface area contributed by atoms with Gasteiger partial charge >= 0.3 is 0 Å². The Balaban J connectivity index is 2.66. The number of carbonyl (C=O) groups is 2. The van der Waals surface area contributed by atoms with Crippen LogP contribution < -0.4 is 4.90 Å². The van der Waals surface area contributed by atoms with Crippen molar-refractivity contribution in [3.05, 3.63) is 28.8 Å². The molecule has 0 aromatic heterocycles. The van der Waals surface area contributed by atoms with E-state index in [4.69, 9.17) is 11.6 Å². The fourth-order valence-corrected chi connectivity index (χ4v) is 2.03. The Kier molecular flexibility index (Phi) is 2.04. The topological polar surface area (TPSA) is 37.4 Å². The lowest BCUT2D eigenvalue weighted by Crippen LogP contribution is -2.24. The van der Waals surface area contributed by atoms with Gasteiger partial charge in [-0.25, -0.2) is 0 Å². The number of amides is 1.